The molecule has 0 spiro atoms. The van der Waals surface area contributed by atoms with Gasteiger partial charge >= 0.3 is 5.63 Å². The van der Waals surface area contributed by atoms with Gasteiger partial charge in [-0.15, -0.1) is 0 Å². The second-order valence-electron chi connectivity index (χ2n) is 6.43. The van der Waals surface area contributed by atoms with E-state index in [0.29, 0.717) is 17.9 Å². The van der Waals surface area contributed by atoms with Gasteiger partial charge in [0.1, 0.15) is 11.3 Å². The number of amides is 1. The molecule has 0 atom stereocenters. The van der Waals surface area contributed by atoms with Crippen LogP contribution >= 0.6 is 0 Å². The van der Waals surface area contributed by atoms with Crippen LogP contribution in [0.3, 0.4) is 0 Å². The lowest BCUT2D eigenvalue weighted by Crippen LogP contribution is -2.30. The number of fused-ring (bicyclic) bond motifs is 1. The van der Waals surface area contributed by atoms with E-state index in [1.807, 2.05) is 44.2 Å². The second-order valence-corrected chi connectivity index (χ2v) is 6.43. The molecule has 0 unspecified atom stereocenters. The van der Waals surface area contributed by atoms with Crippen LogP contribution < -0.4 is 10.4 Å². The Balaban J connectivity index is 1.64. The maximum Gasteiger partial charge on any atom is 0.336 e. The van der Waals surface area contributed by atoms with E-state index >= 15 is 0 Å². The monoisotopic (exact) mass is 351 g/mol. The lowest BCUT2D eigenvalue weighted by Gasteiger charge is -2.18. The van der Waals surface area contributed by atoms with Crippen LogP contribution in [0.2, 0.25) is 0 Å². The molecule has 1 aromatic heterocycles. The first-order valence-corrected chi connectivity index (χ1v) is 8.39. The zero-order valence-electron chi connectivity index (χ0n) is 15.1. The van der Waals surface area contributed by atoms with Gasteiger partial charge in [0.05, 0.1) is 0 Å². The van der Waals surface area contributed by atoms with Gasteiger partial charge in [-0.3, -0.25) is 4.79 Å². The van der Waals surface area contributed by atoms with Gasteiger partial charge in [0.15, 0.2) is 6.61 Å². The SMILES string of the molecule is Cc1ccc(CN(C)C(=O)COc2ccc3c(C)cc(=O)oc3c2)cc1. The third-order valence-electron chi connectivity index (χ3n) is 4.25. The van der Waals surface area contributed by atoms with Crippen molar-refractivity contribution in [3.8, 4) is 5.75 Å². The number of carbonyl (C=O) groups is 1. The van der Waals surface area contributed by atoms with Crippen LogP contribution in [0.1, 0.15) is 16.7 Å². The fraction of sp³-hybridized carbons (Fsp3) is 0.238. The molecule has 0 saturated heterocycles. The Morgan fingerprint density at radius 2 is 1.81 bits per heavy atom. The minimum atomic E-state index is -0.402. The van der Waals surface area contributed by atoms with Crippen LogP contribution in [-0.2, 0) is 11.3 Å². The van der Waals surface area contributed by atoms with Gasteiger partial charge in [-0.05, 0) is 37.1 Å². The molecule has 0 aliphatic carbocycles. The molecular weight excluding hydrogens is 330 g/mol. The van der Waals surface area contributed by atoms with E-state index in [1.54, 1.807) is 24.1 Å². The summed E-state index contributed by atoms with van der Waals surface area (Å²) in [5.41, 5.74) is 3.14. The van der Waals surface area contributed by atoms with Crippen LogP contribution in [0.15, 0.2) is 57.7 Å². The van der Waals surface area contributed by atoms with Crippen LogP contribution in [0.5, 0.6) is 5.75 Å². The van der Waals surface area contributed by atoms with Crippen LogP contribution in [0, 0.1) is 13.8 Å². The minimum absolute atomic E-state index is 0.0794. The molecule has 1 heterocycles. The first-order chi connectivity index (χ1) is 12.4. The summed E-state index contributed by atoms with van der Waals surface area (Å²) in [4.78, 5) is 25.4. The fourth-order valence-corrected chi connectivity index (χ4v) is 2.71. The van der Waals surface area contributed by atoms with Gasteiger partial charge in [-0.25, -0.2) is 4.79 Å². The molecule has 3 rings (SSSR count). The van der Waals surface area contributed by atoms with E-state index < -0.39 is 5.63 Å². The van der Waals surface area contributed by atoms with Crippen molar-refractivity contribution >= 4 is 16.9 Å². The largest absolute Gasteiger partial charge is 0.484 e. The molecule has 0 N–H and O–H groups in total. The average Bonchev–Trinajstić information content (AvgIpc) is 2.61. The lowest BCUT2D eigenvalue weighted by atomic mass is 10.1. The summed E-state index contributed by atoms with van der Waals surface area (Å²) in [6.07, 6.45) is 0. The van der Waals surface area contributed by atoms with Crippen molar-refractivity contribution in [3.63, 3.8) is 0 Å². The molecule has 134 valence electrons. The Kier molecular flexibility index (Phi) is 5.07. The summed E-state index contributed by atoms with van der Waals surface area (Å²) in [6, 6.07) is 14.7. The summed E-state index contributed by atoms with van der Waals surface area (Å²) < 4.78 is 10.8. The second kappa shape index (κ2) is 7.44. The highest BCUT2D eigenvalue weighted by atomic mass is 16.5. The van der Waals surface area contributed by atoms with Crippen molar-refractivity contribution in [3.05, 3.63) is 75.6 Å². The number of aryl methyl sites for hydroxylation is 2. The number of ether oxygens (including phenoxy) is 1. The average molecular weight is 351 g/mol. The van der Waals surface area contributed by atoms with E-state index in [9.17, 15) is 9.59 Å². The Hall–Kier alpha value is -3.08. The zero-order chi connectivity index (χ0) is 18.7. The number of hydrogen-bond donors (Lipinski definition) is 0. The Morgan fingerprint density at radius 1 is 1.08 bits per heavy atom. The van der Waals surface area contributed by atoms with Crippen molar-refractivity contribution in [1.29, 1.82) is 0 Å². The van der Waals surface area contributed by atoms with Crippen molar-refractivity contribution in [2.75, 3.05) is 13.7 Å². The predicted molar refractivity (Wildman–Crippen MR) is 100 cm³/mol. The van der Waals surface area contributed by atoms with Crippen LogP contribution in [0.25, 0.3) is 11.0 Å². The molecule has 5 heteroatoms. The summed E-state index contributed by atoms with van der Waals surface area (Å²) in [7, 11) is 1.74. The fourth-order valence-electron chi connectivity index (χ4n) is 2.71. The first kappa shape index (κ1) is 17.7. The van der Waals surface area contributed by atoms with Gasteiger partial charge in [0.2, 0.25) is 0 Å². The molecule has 3 aromatic rings. The highest BCUT2D eigenvalue weighted by molar-refractivity contribution is 5.81. The molecular formula is C21H21NO4. The van der Waals surface area contributed by atoms with Crippen molar-refractivity contribution in [2.24, 2.45) is 0 Å². The van der Waals surface area contributed by atoms with Gasteiger partial charge < -0.3 is 14.1 Å². The smallest absolute Gasteiger partial charge is 0.336 e. The third-order valence-corrected chi connectivity index (χ3v) is 4.25. The van der Waals surface area contributed by atoms with Gasteiger partial charge in [0, 0.05) is 31.1 Å². The number of benzene rings is 2. The Morgan fingerprint density at radius 3 is 2.54 bits per heavy atom. The molecule has 0 saturated carbocycles. The van der Waals surface area contributed by atoms with Gasteiger partial charge in [0.25, 0.3) is 5.91 Å². The maximum atomic E-state index is 12.3. The normalized spacial score (nSPS) is 10.7. The summed E-state index contributed by atoms with van der Waals surface area (Å²) in [5, 5.41) is 0.847. The van der Waals surface area contributed by atoms with Crippen LogP contribution in [0.4, 0.5) is 0 Å². The molecule has 2 aromatic carbocycles. The van der Waals surface area contributed by atoms with E-state index in [0.717, 1.165) is 16.5 Å². The molecule has 0 aliphatic rings. The van der Waals surface area contributed by atoms with E-state index in [4.69, 9.17) is 9.15 Å². The van der Waals surface area contributed by atoms with Crippen molar-refractivity contribution in [1.82, 2.24) is 4.90 Å². The number of hydrogen-bond acceptors (Lipinski definition) is 4. The molecule has 0 aliphatic heterocycles. The zero-order valence-corrected chi connectivity index (χ0v) is 15.1. The van der Waals surface area contributed by atoms with Gasteiger partial charge in [-0.1, -0.05) is 29.8 Å². The third kappa shape index (κ3) is 4.11. The van der Waals surface area contributed by atoms with Crippen LogP contribution in [-0.4, -0.2) is 24.5 Å². The molecule has 1 amide bonds. The summed E-state index contributed by atoms with van der Waals surface area (Å²) in [5.74, 6) is 0.361. The Bertz CT molecular complexity index is 989. The predicted octanol–water partition coefficient (Wildman–Crippen LogP) is 3.45. The number of nitrogens with zero attached hydrogens (tertiary/aromatic N) is 1. The quantitative estimate of drug-likeness (QED) is 0.661. The molecule has 0 bridgehead atoms. The highest BCUT2D eigenvalue weighted by Crippen LogP contribution is 2.22. The highest BCUT2D eigenvalue weighted by Gasteiger charge is 2.11. The van der Waals surface area contributed by atoms with Crippen molar-refractivity contribution < 1.29 is 13.9 Å². The first-order valence-electron chi connectivity index (χ1n) is 8.39. The van der Waals surface area contributed by atoms with E-state index in [2.05, 4.69) is 0 Å². The van der Waals surface area contributed by atoms with E-state index in [1.165, 1.54) is 11.6 Å². The van der Waals surface area contributed by atoms with Gasteiger partial charge in [-0.2, -0.15) is 0 Å². The van der Waals surface area contributed by atoms with E-state index in [-0.39, 0.29) is 12.5 Å². The summed E-state index contributed by atoms with van der Waals surface area (Å²) >= 11 is 0. The minimum Gasteiger partial charge on any atom is -0.484 e. The summed E-state index contributed by atoms with van der Waals surface area (Å²) in [6.45, 7) is 4.32. The molecule has 5 nitrogen and oxygen atoms in total. The molecule has 0 fully saturated rings. The lowest BCUT2D eigenvalue weighted by molar-refractivity contribution is -0.132. The Labute approximate surface area is 151 Å². The maximum absolute atomic E-state index is 12.3. The molecule has 0 radical (unpaired) electrons. The standard InChI is InChI=1S/C21H21NO4/c1-14-4-6-16(7-5-14)12-22(3)20(23)13-25-17-8-9-18-15(2)10-21(24)26-19(18)11-17/h4-11H,12-13H2,1-3H3. The number of likely N-dealkylation sites (N-methyl/N-ethyl adjacent to an activating group) is 1. The van der Waals surface area contributed by atoms with Crippen molar-refractivity contribution in [2.45, 2.75) is 20.4 Å². The number of carbonyl (C=O) groups excluding carboxylic acids is 1. The topological polar surface area (TPSA) is 59.8 Å². The number of rotatable bonds is 5. The molecule has 26 heavy (non-hydrogen) atoms.